The van der Waals surface area contributed by atoms with Gasteiger partial charge in [0.2, 0.25) is 5.15 Å². The lowest BCUT2D eigenvalue weighted by atomic mass is 9.99. The third-order valence-electron chi connectivity index (χ3n) is 3.40. The third kappa shape index (κ3) is 4.97. The van der Waals surface area contributed by atoms with Crippen LogP contribution in [0.5, 0.6) is 0 Å². The van der Waals surface area contributed by atoms with Gasteiger partial charge >= 0.3 is 5.69 Å². The second-order valence-corrected chi connectivity index (χ2v) is 5.24. The average Bonchev–Trinajstić information content (AvgIpc) is 2.46. The van der Waals surface area contributed by atoms with Crippen molar-refractivity contribution in [3.8, 4) is 0 Å². The molecule has 0 aliphatic heterocycles. The highest BCUT2D eigenvalue weighted by Gasteiger charge is 2.24. The summed E-state index contributed by atoms with van der Waals surface area (Å²) in [7, 11) is 0. The maximum absolute atomic E-state index is 12.1. The maximum atomic E-state index is 12.1. The number of carbonyl (C=O) groups is 1. The number of halogens is 1. The first-order valence-electron chi connectivity index (χ1n) is 7.08. The van der Waals surface area contributed by atoms with Crippen LogP contribution in [0, 0.1) is 16.0 Å². The van der Waals surface area contributed by atoms with E-state index in [0.29, 0.717) is 12.5 Å². The highest BCUT2D eigenvalue weighted by molar-refractivity contribution is 6.32. The van der Waals surface area contributed by atoms with Gasteiger partial charge in [0.15, 0.2) is 0 Å². The molecule has 1 rings (SSSR count). The Labute approximate surface area is 129 Å². The molecule has 0 saturated heterocycles. The van der Waals surface area contributed by atoms with Gasteiger partial charge in [-0.2, -0.15) is 0 Å². The van der Waals surface area contributed by atoms with E-state index < -0.39 is 16.5 Å². The number of hydrogen-bond acceptors (Lipinski definition) is 4. The van der Waals surface area contributed by atoms with Crippen LogP contribution in [0.2, 0.25) is 5.15 Å². The van der Waals surface area contributed by atoms with Crippen LogP contribution in [0.4, 0.5) is 5.69 Å². The smallest absolute Gasteiger partial charge is 0.319 e. The molecule has 0 fully saturated rings. The molecule has 21 heavy (non-hydrogen) atoms. The Morgan fingerprint density at radius 2 is 2.24 bits per heavy atom. The van der Waals surface area contributed by atoms with Gasteiger partial charge in [-0.15, -0.1) is 0 Å². The Morgan fingerprint density at radius 3 is 2.81 bits per heavy atom. The van der Waals surface area contributed by atoms with Gasteiger partial charge in [-0.05, 0) is 18.4 Å². The molecule has 1 N–H and O–H groups in total. The van der Waals surface area contributed by atoms with E-state index in [2.05, 4.69) is 24.1 Å². The first-order valence-corrected chi connectivity index (χ1v) is 7.46. The van der Waals surface area contributed by atoms with E-state index in [0.717, 1.165) is 25.7 Å². The number of rotatable bonds is 8. The molecule has 1 amide bonds. The number of amides is 1. The second kappa shape index (κ2) is 8.56. The van der Waals surface area contributed by atoms with E-state index in [4.69, 9.17) is 11.6 Å². The molecule has 116 valence electrons. The summed E-state index contributed by atoms with van der Waals surface area (Å²) in [5, 5.41) is 13.5. The van der Waals surface area contributed by atoms with E-state index >= 15 is 0 Å². The number of aromatic nitrogens is 1. The van der Waals surface area contributed by atoms with E-state index in [1.807, 2.05) is 0 Å². The highest BCUT2D eigenvalue weighted by atomic mass is 35.5. The number of nitrogens with one attached hydrogen (secondary N) is 1. The lowest BCUT2D eigenvalue weighted by Gasteiger charge is -2.15. The van der Waals surface area contributed by atoms with E-state index in [1.165, 1.54) is 12.3 Å². The predicted octanol–water partition coefficient (Wildman–Crippen LogP) is 3.59. The Bertz CT molecular complexity index is 508. The van der Waals surface area contributed by atoms with Gasteiger partial charge in [0.1, 0.15) is 5.56 Å². The number of unbranched alkanes of at least 4 members (excludes halogenated alkanes) is 1. The average molecular weight is 314 g/mol. The van der Waals surface area contributed by atoms with E-state index in [9.17, 15) is 14.9 Å². The van der Waals surface area contributed by atoms with Crippen LogP contribution in [0.1, 0.15) is 49.9 Å². The zero-order valence-corrected chi connectivity index (χ0v) is 13.0. The molecule has 0 aromatic carbocycles. The Balaban J connectivity index is 2.76. The van der Waals surface area contributed by atoms with Crippen molar-refractivity contribution in [2.45, 2.75) is 39.5 Å². The molecular formula is C14H20ClN3O3. The quantitative estimate of drug-likeness (QED) is 0.451. The fraction of sp³-hybridized carbons (Fsp3) is 0.571. The van der Waals surface area contributed by atoms with Crippen LogP contribution in [0.25, 0.3) is 0 Å². The Morgan fingerprint density at radius 1 is 1.52 bits per heavy atom. The SMILES string of the molecule is CCCCC(CC)CNC(=O)c1ccnc(Cl)c1[N+](=O)[O-]. The maximum Gasteiger partial charge on any atom is 0.319 e. The lowest BCUT2D eigenvalue weighted by Crippen LogP contribution is -2.29. The molecule has 0 bridgehead atoms. The molecule has 0 radical (unpaired) electrons. The topological polar surface area (TPSA) is 85.1 Å². The summed E-state index contributed by atoms with van der Waals surface area (Å²) in [5.41, 5.74) is -0.497. The largest absolute Gasteiger partial charge is 0.352 e. The van der Waals surface area contributed by atoms with Crippen LogP contribution in [0.15, 0.2) is 12.3 Å². The second-order valence-electron chi connectivity index (χ2n) is 4.88. The van der Waals surface area contributed by atoms with Gasteiger partial charge in [0, 0.05) is 12.7 Å². The van der Waals surface area contributed by atoms with Gasteiger partial charge in [-0.3, -0.25) is 14.9 Å². The summed E-state index contributed by atoms with van der Waals surface area (Å²) in [4.78, 5) is 26.1. The summed E-state index contributed by atoms with van der Waals surface area (Å²) in [5.74, 6) is -0.105. The monoisotopic (exact) mass is 313 g/mol. The summed E-state index contributed by atoms with van der Waals surface area (Å²) in [6.07, 6.45) is 5.50. The molecule has 1 unspecified atom stereocenters. The van der Waals surface area contributed by atoms with Crippen molar-refractivity contribution in [1.82, 2.24) is 10.3 Å². The Kier molecular flexibility index (Phi) is 7.08. The predicted molar refractivity (Wildman–Crippen MR) is 81.5 cm³/mol. The van der Waals surface area contributed by atoms with E-state index in [1.54, 1.807) is 0 Å². The number of pyridine rings is 1. The molecule has 1 aromatic rings. The standard InChI is InChI=1S/C14H20ClN3O3/c1-3-5-6-10(4-2)9-17-14(19)11-7-8-16-13(15)12(11)18(20)21/h7-8,10H,3-6,9H2,1-2H3,(H,17,19). The first kappa shape index (κ1) is 17.4. The molecule has 6 nitrogen and oxygen atoms in total. The number of hydrogen-bond donors (Lipinski definition) is 1. The van der Waals surface area contributed by atoms with Crippen molar-refractivity contribution < 1.29 is 9.72 Å². The zero-order chi connectivity index (χ0) is 15.8. The number of nitro groups is 1. The van der Waals surface area contributed by atoms with Crippen LogP contribution in [0.3, 0.4) is 0 Å². The minimum absolute atomic E-state index is 0.0506. The normalized spacial score (nSPS) is 12.0. The minimum Gasteiger partial charge on any atom is -0.352 e. The van der Waals surface area contributed by atoms with Crippen molar-refractivity contribution in [3.63, 3.8) is 0 Å². The van der Waals surface area contributed by atoms with Crippen molar-refractivity contribution in [2.75, 3.05) is 6.54 Å². The molecular weight excluding hydrogens is 294 g/mol. The van der Waals surface area contributed by atoms with Crippen molar-refractivity contribution in [2.24, 2.45) is 5.92 Å². The van der Waals surface area contributed by atoms with Crippen LogP contribution in [-0.4, -0.2) is 22.4 Å². The van der Waals surface area contributed by atoms with Crippen molar-refractivity contribution in [1.29, 1.82) is 0 Å². The van der Waals surface area contributed by atoms with Gasteiger partial charge < -0.3 is 5.32 Å². The lowest BCUT2D eigenvalue weighted by molar-refractivity contribution is -0.385. The Hall–Kier alpha value is -1.69. The minimum atomic E-state index is -0.682. The van der Waals surface area contributed by atoms with Gasteiger partial charge in [-0.25, -0.2) is 4.98 Å². The van der Waals surface area contributed by atoms with Gasteiger partial charge in [0.05, 0.1) is 4.92 Å². The number of nitrogens with zero attached hydrogens (tertiary/aromatic N) is 2. The van der Waals surface area contributed by atoms with Crippen LogP contribution >= 0.6 is 11.6 Å². The molecule has 1 heterocycles. The summed E-state index contributed by atoms with van der Waals surface area (Å²) >= 11 is 5.69. The molecule has 0 spiro atoms. The van der Waals surface area contributed by atoms with Crippen LogP contribution < -0.4 is 5.32 Å². The van der Waals surface area contributed by atoms with Crippen molar-refractivity contribution in [3.05, 3.63) is 33.1 Å². The molecule has 1 atom stereocenters. The van der Waals surface area contributed by atoms with E-state index in [-0.39, 0.29) is 10.7 Å². The molecule has 0 aliphatic rings. The molecule has 0 saturated carbocycles. The summed E-state index contributed by atoms with van der Waals surface area (Å²) in [6.45, 7) is 4.69. The molecule has 0 aliphatic carbocycles. The highest BCUT2D eigenvalue weighted by Crippen LogP contribution is 2.25. The fourth-order valence-corrected chi connectivity index (χ4v) is 2.29. The van der Waals surface area contributed by atoms with Crippen LogP contribution in [-0.2, 0) is 0 Å². The van der Waals surface area contributed by atoms with Gasteiger partial charge in [0.25, 0.3) is 5.91 Å². The first-order chi connectivity index (χ1) is 10.0. The third-order valence-corrected chi connectivity index (χ3v) is 3.68. The summed E-state index contributed by atoms with van der Waals surface area (Å²) in [6, 6.07) is 1.31. The number of carbonyl (C=O) groups excluding carboxylic acids is 1. The van der Waals surface area contributed by atoms with Crippen molar-refractivity contribution >= 4 is 23.2 Å². The summed E-state index contributed by atoms with van der Waals surface area (Å²) < 4.78 is 0. The molecule has 1 aromatic heterocycles. The van der Waals surface area contributed by atoms with Gasteiger partial charge in [-0.1, -0.05) is 44.7 Å². The fourth-order valence-electron chi connectivity index (χ4n) is 2.06. The molecule has 7 heteroatoms. The zero-order valence-electron chi connectivity index (χ0n) is 12.3.